The molecule has 0 aliphatic heterocycles. The van der Waals surface area contributed by atoms with Crippen LogP contribution in [0.1, 0.15) is 40.0 Å². The molecule has 2 N–H and O–H groups in total. The molecule has 1 atom stereocenters. The minimum atomic E-state index is -0.481. The second-order valence-corrected chi connectivity index (χ2v) is 7.21. The van der Waals surface area contributed by atoms with E-state index in [1.165, 1.54) is 0 Å². The van der Waals surface area contributed by atoms with Gasteiger partial charge < -0.3 is 14.9 Å². The van der Waals surface area contributed by atoms with Crippen molar-refractivity contribution in [2.75, 3.05) is 6.54 Å². The Bertz CT molecular complexity index is 683. The number of rotatable bonds is 8. The summed E-state index contributed by atoms with van der Waals surface area (Å²) >= 11 is 0. The number of pyridine rings is 1. The Labute approximate surface area is 147 Å². The predicted octanol–water partition coefficient (Wildman–Crippen LogP) is 2.22. The summed E-state index contributed by atoms with van der Waals surface area (Å²) in [6.07, 6.45) is 3.47. The number of nitrogens with one attached hydrogen (secondary N) is 1. The number of carbonyl (C=O) groups is 1. The number of aromatic nitrogens is 3. The molecule has 0 fully saturated rings. The third-order valence-corrected chi connectivity index (χ3v) is 4.13. The van der Waals surface area contributed by atoms with E-state index in [0.717, 1.165) is 5.56 Å². The Hall–Kier alpha value is -2.28. The molecule has 1 unspecified atom stereocenters. The summed E-state index contributed by atoms with van der Waals surface area (Å²) < 4.78 is 5.18. The molecule has 0 saturated carbocycles. The smallest absolute Gasteiger partial charge is 0.227 e. The van der Waals surface area contributed by atoms with Crippen molar-refractivity contribution in [3.05, 3.63) is 30.4 Å². The highest BCUT2D eigenvalue weighted by Crippen LogP contribution is 2.25. The molecule has 2 aromatic heterocycles. The molecule has 0 spiro atoms. The van der Waals surface area contributed by atoms with Gasteiger partial charge in [-0.25, -0.2) is 0 Å². The fourth-order valence-corrected chi connectivity index (χ4v) is 2.61. The number of hydrogen-bond donors (Lipinski definition) is 2. The van der Waals surface area contributed by atoms with Gasteiger partial charge in [0.05, 0.1) is 6.10 Å². The second-order valence-electron chi connectivity index (χ2n) is 7.21. The molecule has 0 aliphatic rings. The van der Waals surface area contributed by atoms with Crippen LogP contribution in [0.5, 0.6) is 0 Å². The summed E-state index contributed by atoms with van der Waals surface area (Å²) in [6, 6.07) is 3.64. The first kappa shape index (κ1) is 19.1. The maximum atomic E-state index is 12.0. The number of aliphatic hydroxyl groups excluding tert-OH is 1. The van der Waals surface area contributed by atoms with Gasteiger partial charge >= 0.3 is 0 Å². The van der Waals surface area contributed by atoms with Gasteiger partial charge in [-0.3, -0.25) is 9.78 Å². The fraction of sp³-hybridized carbons (Fsp3) is 0.556. The van der Waals surface area contributed by atoms with E-state index in [1.807, 2.05) is 33.8 Å². The Kier molecular flexibility index (Phi) is 6.25. The lowest BCUT2D eigenvalue weighted by atomic mass is 9.80. The monoisotopic (exact) mass is 346 g/mol. The molecule has 2 heterocycles. The lowest BCUT2D eigenvalue weighted by Gasteiger charge is -2.33. The zero-order valence-electron chi connectivity index (χ0n) is 15.2. The van der Waals surface area contributed by atoms with E-state index in [1.54, 1.807) is 18.5 Å². The molecule has 7 heteroatoms. The number of aliphatic hydroxyl groups is 1. The molecule has 0 aromatic carbocycles. The highest BCUT2D eigenvalue weighted by molar-refractivity contribution is 5.76. The van der Waals surface area contributed by atoms with Gasteiger partial charge in [-0.15, -0.1) is 0 Å². The zero-order valence-corrected chi connectivity index (χ0v) is 15.2. The Morgan fingerprint density at radius 1 is 1.40 bits per heavy atom. The maximum absolute atomic E-state index is 12.0. The lowest BCUT2D eigenvalue weighted by molar-refractivity contribution is -0.122. The van der Waals surface area contributed by atoms with Crippen LogP contribution in [-0.4, -0.2) is 38.8 Å². The third-order valence-electron chi connectivity index (χ3n) is 4.13. The Morgan fingerprint density at radius 3 is 2.80 bits per heavy atom. The van der Waals surface area contributed by atoms with Crippen LogP contribution < -0.4 is 5.32 Å². The van der Waals surface area contributed by atoms with Crippen LogP contribution >= 0.6 is 0 Å². The standard InChI is InChI=1S/C18H26N4O3/c1-12(2)16(24)18(3,4)11-20-14(23)7-8-15-21-17(22-25-15)13-6-5-9-19-10-13/h5-6,9-10,12,16,24H,7-8,11H2,1-4H3,(H,20,23). The highest BCUT2D eigenvalue weighted by Gasteiger charge is 2.30. The molecule has 136 valence electrons. The molecule has 0 aliphatic carbocycles. The van der Waals surface area contributed by atoms with Crippen molar-refractivity contribution >= 4 is 5.91 Å². The maximum Gasteiger partial charge on any atom is 0.227 e. The zero-order chi connectivity index (χ0) is 18.4. The van der Waals surface area contributed by atoms with Crippen molar-refractivity contribution in [3.8, 4) is 11.4 Å². The Balaban J connectivity index is 1.82. The summed E-state index contributed by atoms with van der Waals surface area (Å²) in [4.78, 5) is 20.3. The van der Waals surface area contributed by atoms with E-state index in [9.17, 15) is 9.90 Å². The second kappa shape index (κ2) is 8.20. The van der Waals surface area contributed by atoms with E-state index in [4.69, 9.17) is 4.52 Å². The first-order valence-corrected chi connectivity index (χ1v) is 8.47. The van der Waals surface area contributed by atoms with Gasteiger partial charge in [0.25, 0.3) is 0 Å². The van der Waals surface area contributed by atoms with Crippen molar-refractivity contribution < 1.29 is 14.4 Å². The average Bonchev–Trinajstić information content (AvgIpc) is 3.07. The fourth-order valence-electron chi connectivity index (χ4n) is 2.61. The topological polar surface area (TPSA) is 101 Å². The molecular formula is C18H26N4O3. The van der Waals surface area contributed by atoms with Crippen LogP contribution in [0.2, 0.25) is 0 Å². The van der Waals surface area contributed by atoms with E-state index in [2.05, 4.69) is 20.4 Å². The molecule has 0 bridgehead atoms. The molecule has 2 aromatic rings. The van der Waals surface area contributed by atoms with Crippen molar-refractivity contribution in [1.82, 2.24) is 20.4 Å². The van der Waals surface area contributed by atoms with Crippen LogP contribution in [-0.2, 0) is 11.2 Å². The van der Waals surface area contributed by atoms with Gasteiger partial charge in [0.2, 0.25) is 17.6 Å². The van der Waals surface area contributed by atoms with E-state index in [0.29, 0.717) is 24.7 Å². The van der Waals surface area contributed by atoms with E-state index in [-0.39, 0.29) is 23.7 Å². The average molecular weight is 346 g/mol. The largest absolute Gasteiger partial charge is 0.392 e. The first-order valence-electron chi connectivity index (χ1n) is 8.47. The lowest BCUT2D eigenvalue weighted by Crippen LogP contribution is -2.43. The Morgan fingerprint density at radius 2 is 2.16 bits per heavy atom. The molecule has 2 rings (SSSR count). The van der Waals surface area contributed by atoms with Crippen LogP contribution in [0.15, 0.2) is 29.0 Å². The van der Waals surface area contributed by atoms with Crippen LogP contribution in [0.3, 0.4) is 0 Å². The van der Waals surface area contributed by atoms with Gasteiger partial charge in [0.1, 0.15) is 0 Å². The number of hydrogen-bond acceptors (Lipinski definition) is 6. The number of aryl methyl sites for hydroxylation is 1. The molecule has 7 nitrogen and oxygen atoms in total. The van der Waals surface area contributed by atoms with Crippen molar-refractivity contribution in [2.24, 2.45) is 11.3 Å². The van der Waals surface area contributed by atoms with Crippen molar-refractivity contribution in [1.29, 1.82) is 0 Å². The van der Waals surface area contributed by atoms with Crippen molar-refractivity contribution in [3.63, 3.8) is 0 Å². The summed E-state index contributed by atoms with van der Waals surface area (Å²) in [5.74, 6) is 0.904. The molecule has 0 saturated heterocycles. The van der Waals surface area contributed by atoms with Gasteiger partial charge in [0.15, 0.2) is 0 Å². The molecule has 1 amide bonds. The normalized spacial score (nSPS) is 13.0. The van der Waals surface area contributed by atoms with Crippen molar-refractivity contribution in [2.45, 2.75) is 46.6 Å². The SMILES string of the molecule is CC(C)C(O)C(C)(C)CNC(=O)CCc1nc(-c2cccnc2)no1. The van der Waals surface area contributed by atoms with Gasteiger partial charge in [-0.2, -0.15) is 4.98 Å². The minimum absolute atomic E-state index is 0.106. The van der Waals surface area contributed by atoms with Gasteiger partial charge in [-0.1, -0.05) is 32.9 Å². The van der Waals surface area contributed by atoms with E-state index < -0.39 is 6.10 Å². The van der Waals surface area contributed by atoms with Crippen LogP contribution in [0, 0.1) is 11.3 Å². The number of amides is 1. The molecule has 0 radical (unpaired) electrons. The number of nitrogens with zero attached hydrogens (tertiary/aromatic N) is 3. The third kappa shape index (κ3) is 5.35. The first-order chi connectivity index (χ1) is 11.8. The summed E-state index contributed by atoms with van der Waals surface area (Å²) in [7, 11) is 0. The van der Waals surface area contributed by atoms with E-state index >= 15 is 0 Å². The van der Waals surface area contributed by atoms with Crippen LogP contribution in [0.4, 0.5) is 0 Å². The summed E-state index contributed by atoms with van der Waals surface area (Å²) in [5.41, 5.74) is 0.383. The molecular weight excluding hydrogens is 320 g/mol. The summed E-state index contributed by atoms with van der Waals surface area (Å²) in [6.45, 7) is 8.22. The summed E-state index contributed by atoms with van der Waals surface area (Å²) in [5, 5.41) is 17.0. The van der Waals surface area contributed by atoms with Gasteiger partial charge in [0, 0.05) is 42.8 Å². The predicted molar refractivity (Wildman–Crippen MR) is 93.5 cm³/mol. The highest BCUT2D eigenvalue weighted by atomic mass is 16.5. The minimum Gasteiger partial charge on any atom is -0.392 e. The number of carbonyl (C=O) groups excluding carboxylic acids is 1. The molecule has 25 heavy (non-hydrogen) atoms. The quantitative estimate of drug-likeness (QED) is 0.760. The van der Waals surface area contributed by atoms with Gasteiger partial charge in [-0.05, 0) is 18.1 Å². The van der Waals surface area contributed by atoms with Crippen LogP contribution in [0.25, 0.3) is 11.4 Å².